The summed E-state index contributed by atoms with van der Waals surface area (Å²) in [6, 6.07) is 2.24. The van der Waals surface area contributed by atoms with Gasteiger partial charge in [-0.3, -0.25) is 4.68 Å². The highest BCUT2D eigenvalue weighted by atomic mass is 32.1. The molecule has 21 heavy (non-hydrogen) atoms. The van der Waals surface area contributed by atoms with Crippen LogP contribution in [0, 0.1) is 25.5 Å². The molecule has 0 atom stereocenters. The number of halogens is 2. The lowest BCUT2D eigenvalue weighted by atomic mass is 10.1. The summed E-state index contributed by atoms with van der Waals surface area (Å²) < 4.78 is 29.6. The van der Waals surface area contributed by atoms with E-state index in [4.69, 9.17) is 18.0 Å². The Balaban J connectivity index is 2.26. The van der Waals surface area contributed by atoms with Crippen molar-refractivity contribution in [2.24, 2.45) is 12.8 Å². The average Bonchev–Trinajstić information content (AvgIpc) is 2.63. The van der Waals surface area contributed by atoms with Crippen LogP contribution in [0.2, 0.25) is 0 Å². The minimum absolute atomic E-state index is 0.0432. The van der Waals surface area contributed by atoms with E-state index in [0.717, 1.165) is 29.1 Å². The van der Waals surface area contributed by atoms with Crippen LogP contribution in [-0.2, 0) is 13.6 Å². The van der Waals surface area contributed by atoms with Crippen molar-refractivity contribution in [3.8, 4) is 0 Å². The van der Waals surface area contributed by atoms with E-state index >= 15 is 0 Å². The van der Waals surface area contributed by atoms with Crippen LogP contribution in [0.4, 0.5) is 14.5 Å². The lowest BCUT2D eigenvalue weighted by Gasteiger charge is -2.11. The normalized spacial score (nSPS) is 10.7. The van der Waals surface area contributed by atoms with Crippen LogP contribution < -0.4 is 11.1 Å². The highest BCUT2D eigenvalue weighted by molar-refractivity contribution is 7.80. The van der Waals surface area contributed by atoms with E-state index in [2.05, 4.69) is 10.4 Å². The van der Waals surface area contributed by atoms with Crippen molar-refractivity contribution in [2.75, 3.05) is 5.32 Å². The highest BCUT2D eigenvalue weighted by Gasteiger charge is 2.14. The van der Waals surface area contributed by atoms with Gasteiger partial charge in [0.2, 0.25) is 0 Å². The number of hydrogen-bond donors (Lipinski definition) is 2. The van der Waals surface area contributed by atoms with Crippen molar-refractivity contribution < 1.29 is 8.78 Å². The van der Waals surface area contributed by atoms with E-state index in [9.17, 15) is 8.78 Å². The third kappa shape index (κ3) is 3.02. The van der Waals surface area contributed by atoms with Gasteiger partial charge in [0.15, 0.2) is 0 Å². The Labute approximate surface area is 127 Å². The first-order valence-electron chi connectivity index (χ1n) is 6.33. The molecule has 1 aromatic carbocycles. The van der Waals surface area contributed by atoms with Gasteiger partial charge in [0.25, 0.3) is 0 Å². The van der Waals surface area contributed by atoms with Crippen LogP contribution in [-0.4, -0.2) is 14.8 Å². The average molecular weight is 310 g/mol. The molecule has 2 rings (SSSR count). The molecule has 1 heterocycles. The second kappa shape index (κ2) is 5.77. The summed E-state index contributed by atoms with van der Waals surface area (Å²) in [5, 5.41) is 7.03. The van der Waals surface area contributed by atoms with E-state index in [1.54, 1.807) is 4.68 Å². The number of hydrogen-bond acceptors (Lipinski definition) is 3. The monoisotopic (exact) mass is 310 g/mol. The highest BCUT2D eigenvalue weighted by Crippen LogP contribution is 2.22. The van der Waals surface area contributed by atoms with Crippen LogP contribution in [0.3, 0.4) is 0 Å². The molecule has 0 aliphatic rings. The smallest absolute Gasteiger partial charge is 0.150 e. The van der Waals surface area contributed by atoms with E-state index in [-0.39, 0.29) is 22.8 Å². The Morgan fingerprint density at radius 2 is 1.90 bits per heavy atom. The van der Waals surface area contributed by atoms with Gasteiger partial charge < -0.3 is 11.1 Å². The van der Waals surface area contributed by atoms with Crippen LogP contribution in [0.15, 0.2) is 12.1 Å². The zero-order chi connectivity index (χ0) is 15.7. The number of aromatic nitrogens is 2. The van der Waals surface area contributed by atoms with Crippen molar-refractivity contribution in [1.29, 1.82) is 0 Å². The van der Waals surface area contributed by atoms with Gasteiger partial charge in [-0.25, -0.2) is 8.78 Å². The van der Waals surface area contributed by atoms with Crippen molar-refractivity contribution >= 4 is 22.9 Å². The van der Waals surface area contributed by atoms with Crippen molar-refractivity contribution in [3.63, 3.8) is 0 Å². The first-order chi connectivity index (χ1) is 9.81. The number of aryl methyl sites for hydroxylation is 2. The number of benzene rings is 1. The van der Waals surface area contributed by atoms with E-state index in [1.165, 1.54) is 0 Å². The van der Waals surface area contributed by atoms with Crippen molar-refractivity contribution in [3.05, 3.63) is 46.3 Å². The molecule has 0 aliphatic heterocycles. The van der Waals surface area contributed by atoms with Crippen molar-refractivity contribution in [2.45, 2.75) is 20.4 Å². The zero-order valence-electron chi connectivity index (χ0n) is 12.0. The molecule has 0 amide bonds. The Hall–Kier alpha value is -2.02. The van der Waals surface area contributed by atoms with Gasteiger partial charge in [-0.1, -0.05) is 12.2 Å². The molecule has 0 radical (unpaired) electrons. The fourth-order valence-electron chi connectivity index (χ4n) is 2.13. The molecule has 3 N–H and O–H groups in total. The summed E-state index contributed by atoms with van der Waals surface area (Å²) >= 11 is 4.72. The molecular formula is C14H16F2N4S. The van der Waals surface area contributed by atoms with Gasteiger partial charge >= 0.3 is 0 Å². The van der Waals surface area contributed by atoms with Gasteiger partial charge in [0.05, 0.1) is 5.69 Å². The molecular weight excluding hydrogens is 294 g/mol. The van der Waals surface area contributed by atoms with Crippen LogP contribution in [0.1, 0.15) is 22.5 Å². The molecule has 2 aromatic rings. The largest absolute Gasteiger partial charge is 0.389 e. The van der Waals surface area contributed by atoms with Gasteiger partial charge in [-0.2, -0.15) is 5.10 Å². The maximum Gasteiger partial charge on any atom is 0.150 e. The molecule has 0 fully saturated rings. The quantitative estimate of drug-likeness (QED) is 0.852. The SMILES string of the molecule is Cc1nn(C)c(C)c1CNc1c(F)cc(C(N)=S)cc1F. The van der Waals surface area contributed by atoms with Gasteiger partial charge in [0, 0.05) is 30.4 Å². The van der Waals surface area contributed by atoms with Crippen LogP contribution in [0.25, 0.3) is 0 Å². The Morgan fingerprint density at radius 1 is 1.33 bits per heavy atom. The predicted molar refractivity (Wildman–Crippen MR) is 82.3 cm³/mol. The molecule has 7 heteroatoms. The van der Waals surface area contributed by atoms with Crippen LogP contribution in [0.5, 0.6) is 0 Å². The Morgan fingerprint density at radius 3 is 2.33 bits per heavy atom. The maximum absolute atomic E-state index is 13.9. The topological polar surface area (TPSA) is 55.9 Å². The third-order valence-corrected chi connectivity index (χ3v) is 3.66. The number of nitrogens with zero attached hydrogens (tertiary/aromatic N) is 2. The Kier molecular flexibility index (Phi) is 4.22. The lowest BCUT2D eigenvalue weighted by molar-refractivity contribution is 0.587. The first kappa shape index (κ1) is 15.4. The minimum Gasteiger partial charge on any atom is -0.389 e. The fourth-order valence-corrected chi connectivity index (χ4v) is 2.25. The summed E-state index contributed by atoms with van der Waals surface area (Å²) in [4.78, 5) is -0.0432. The fraction of sp³-hybridized carbons (Fsp3) is 0.286. The molecule has 0 saturated heterocycles. The lowest BCUT2D eigenvalue weighted by Crippen LogP contribution is -2.12. The molecule has 112 valence electrons. The van der Waals surface area contributed by atoms with Gasteiger partial charge in [0.1, 0.15) is 22.3 Å². The summed E-state index contributed by atoms with van der Waals surface area (Å²) in [7, 11) is 1.82. The number of nitrogens with two attached hydrogens (primary N) is 1. The first-order valence-corrected chi connectivity index (χ1v) is 6.74. The maximum atomic E-state index is 13.9. The molecule has 0 spiro atoms. The van der Waals surface area contributed by atoms with Gasteiger partial charge in [-0.05, 0) is 26.0 Å². The number of rotatable bonds is 4. The molecule has 0 aliphatic carbocycles. The predicted octanol–water partition coefficient (Wildman–Crippen LogP) is 2.56. The number of nitrogens with one attached hydrogen (secondary N) is 1. The standard InChI is InChI=1S/C14H16F2N4S/c1-7-10(8(2)20(3)19-7)6-18-13-11(15)4-9(14(17)21)5-12(13)16/h4-5,18H,6H2,1-3H3,(H2,17,21). The third-order valence-electron chi connectivity index (χ3n) is 3.43. The number of thiocarbonyl (C=S) groups is 1. The summed E-state index contributed by atoms with van der Waals surface area (Å²) in [5.41, 5.74) is 8.02. The summed E-state index contributed by atoms with van der Waals surface area (Å²) in [6.07, 6.45) is 0. The summed E-state index contributed by atoms with van der Waals surface area (Å²) in [6.45, 7) is 4.04. The minimum atomic E-state index is -0.725. The molecule has 0 unspecified atom stereocenters. The van der Waals surface area contributed by atoms with Gasteiger partial charge in [-0.15, -0.1) is 0 Å². The van der Waals surface area contributed by atoms with E-state index < -0.39 is 11.6 Å². The Bertz CT molecular complexity index is 686. The second-order valence-corrected chi connectivity index (χ2v) is 5.25. The zero-order valence-corrected chi connectivity index (χ0v) is 12.8. The van der Waals surface area contributed by atoms with E-state index in [1.807, 2.05) is 20.9 Å². The molecule has 1 aromatic heterocycles. The van der Waals surface area contributed by atoms with Crippen molar-refractivity contribution in [1.82, 2.24) is 9.78 Å². The molecule has 0 saturated carbocycles. The number of anilines is 1. The van der Waals surface area contributed by atoms with Crippen LogP contribution >= 0.6 is 12.2 Å². The molecule has 4 nitrogen and oxygen atoms in total. The van der Waals surface area contributed by atoms with E-state index in [0.29, 0.717) is 0 Å². The second-order valence-electron chi connectivity index (χ2n) is 4.81. The molecule has 0 bridgehead atoms. The summed E-state index contributed by atoms with van der Waals surface area (Å²) in [5.74, 6) is -1.45.